The van der Waals surface area contributed by atoms with Gasteiger partial charge in [0.1, 0.15) is 11.4 Å². The predicted octanol–water partition coefficient (Wildman–Crippen LogP) is 2.85. The highest BCUT2D eigenvalue weighted by molar-refractivity contribution is 5.78. The van der Waals surface area contributed by atoms with E-state index in [2.05, 4.69) is 10.1 Å². The molecule has 0 radical (unpaired) electrons. The third-order valence-corrected chi connectivity index (χ3v) is 2.91. The zero-order valence-corrected chi connectivity index (χ0v) is 10.5. The van der Waals surface area contributed by atoms with Crippen molar-refractivity contribution in [3.8, 4) is 28.3 Å². The molecule has 3 aromatic rings. The summed E-state index contributed by atoms with van der Waals surface area (Å²) in [5.74, 6) is 0.249. The first-order valence-corrected chi connectivity index (χ1v) is 5.98. The number of phenols is 1. The summed E-state index contributed by atoms with van der Waals surface area (Å²) in [6.07, 6.45) is 3.72. The van der Waals surface area contributed by atoms with Crippen molar-refractivity contribution in [3.05, 3.63) is 54.9 Å². The smallest absolute Gasteiger partial charge is 0.115 e. The van der Waals surface area contributed by atoms with E-state index in [0.717, 1.165) is 22.5 Å². The van der Waals surface area contributed by atoms with Crippen LogP contribution in [0.5, 0.6) is 5.75 Å². The number of pyridine rings is 1. The number of aryl methyl sites for hydroxylation is 1. The molecule has 1 N–H and O–H groups in total. The largest absolute Gasteiger partial charge is 0.508 e. The molecule has 0 atom stereocenters. The molecule has 0 aliphatic rings. The third kappa shape index (κ3) is 2.20. The quantitative estimate of drug-likeness (QED) is 0.762. The Morgan fingerprint density at radius 1 is 1.05 bits per heavy atom. The van der Waals surface area contributed by atoms with E-state index in [1.54, 1.807) is 23.0 Å². The predicted molar refractivity (Wildman–Crippen MR) is 73.5 cm³/mol. The summed E-state index contributed by atoms with van der Waals surface area (Å²) >= 11 is 0. The maximum atomic E-state index is 9.36. The van der Waals surface area contributed by atoms with Crippen LogP contribution in [0.25, 0.3) is 22.5 Å². The highest BCUT2D eigenvalue weighted by Gasteiger charge is 2.12. The minimum Gasteiger partial charge on any atom is -0.508 e. The maximum absolute atomic E-state index is 9.36. The molecule has 94 valence electrons. The number of benzene rings is 1. The van der Waals surface area contributed by atoms with E-state index >= 15 is 0 Å². The molecular weight excluding hydrogens is 238 g/mol. The summed E-state index contributed by atoms with van der Waals surface area (Å²) in [6, 6.07) is 12.8. The zero-order chi connectivity index (χ0) is 13.2. The summed E-state index contributed by atoms with van der Waals surface area (Å²) < 4.78 is 1.77. The first-order chi connectivity index (χ1) is 9.24. The highest BCUT2D eigenvalue weighted by Crippen LogP contribution is 2.30. The van der Waals surface area contributed by atoms with Gasteiger partial charge < -0.3 is 5.11 Å². The van der Waals surface area contributed by atoms with Gasteiger partial charge in [-0.25, -0.2) is 0 Å². The van der Waals surface area contributed by atoms with Crippen molar-refractivity contribution in [2.75, 3.05) is 0 Å². The molecule has 0 saturated carbocycles. The van der Waals surface area contributed by atoms with E-state index < -0.39 is 0 Å². The standard InChI is InChI=1S/C15H13N3O/c1-18-10-13(14-4-2-3-9-16-14)15(17-18)11-5-7-12(19)8-6-11/h2-10,19H,1H3. The Bertz CT molecular complexity index is 687. The van der Waals surface area contributed by atoms with E-state index in [-0.39, 0.29) is 5.75 Å². The van der Waals surface area contributed by atoms with Gasteiger partial charge in [0.2, 0.25) is 0 Å². The molecule has 4 heteroatoms. The molecule has 0 spiro atoms. The zero-order valence-electron chi connectivity index (χ0n) is 10.5. The number of hydrogen-bond acceptors (Lipinski definition) is 3. The highest BCUT2D eigenvalue weighted by atomic mass is 16.3. The molecule has 0 amide bonds. The molecule has 3 rings (SSSR count). The van der Waals surface area contributed by atoms with Crippen LogP contribution in [-0.2, 0) is 7.05 Å². The van der Waals surface area contributed by atoms with Crippen molar-refractivity contribution in [3.63, 3.8) is 0 Å². The Balaban J connectivity index is 2.15. The lowest BCUT2D eigenvalue weighted by molar-refractivity contribution is 0.475. The molecule has 2 heterocycles. The number of rotatable bonds is 2. The second kappa shape index (κ2) is 4.57. The Morgan fingerprint density at radius 2 is 1.84 bits per heavy atom. The van der Waals surface area contributed by atoms with Gasteiger partial charge in [0.05, 0.1) is 5.69 Å². The molecule has 19 heavy (non-hydrogen) atoms. The Kier molecular flexibility index (Phi) is 2.76. The van der Waals surface area contributed by atoms with Gasteiger partial charge in [-0.2, -0.15) is 5.10 Å². The maximum Gasteiger partial charge on any atom is 0.115 e. The molecule has 0 aliphatic carbocycles. The topological polar surface area (TPSA) is 50.9 Å². The van der Waals surface area contributed by atoms with Gasteiger partial charge in [-0.15, -0.1) is 0 Å². The van der Waals surface area contributed by atoms with Crippen molar-refractivity contribution in [2.45, 2.75) is 0 Å². The fourth-order valence-corrected chi connectivity index (χ4v) is 2.03. The minimum absolute atomic E-state index is 0.249. The SMILES string of the molecule is Cn1cc(-c2ccccn2)c(-c2ccc(O)cc2)n1. The molecule has 0 saturated heterocycles. The van der Waals surface area contributed by atoms with Gasteiger partial charge in [-0.3, -0.25) is 9.67 Å². The van der Waals surface area contributed by atoms with Crippen LogP contribution in [0.15, 0.2) is 54.9 Å². The first kappa shape index (κ1) is 11.5. The van der Waals surface area contributed by atoms with Crippen molar-refractivity contribution in [2.24, 2.45) is 7.05 Å². The second-order valence-corrected chi connectivity index (χ2v) is 4.33. The minimum atomic E-state index is 0.249. The van der Waals surface area contributed by atoms with Crippen LogP contribution in [0, 0.1) is 0 Å². The van der Waals surface area contributed by atoms with E-state index in [0.29, 0.717) is 0 Å². The normalized spacial score (nSPS) is 10.6. The number of hydrogen-bond donors (Lipinski definition) is 1. The van der Waals surface area contributed by atoms with Crippen molar-refractivity contribution >= 4 is 0 Å². The van der Waals surface area contributed by atoms with Crippen LogP contribution in [0.3, 0.4) is 0 Å². The lowest BCUT2D eigenvalue weighted by Gasteiger charge is -2.02. The third-order valence-electron chi connectivity index (χ3n) is 2.91. The summed E-state index contributed by atoms with van der Waals surface area (Å²) in [5, 5.41) is 13.8. The van der Waals surface area contributed by atoms with Crippen molar-refractivity contribution in [1.82, 2.24) is 14.8 Å². The molecule has 1 aromatic carbocycles. The van der Waals surface area contributed by atoms with Crippen LogP contribution in [0.4, 0.5) is 0 Å². The average molecular weight is 251 g/mol. The van der Waals surface area contributed by atoms with E-state index in [4.69, 9.17) is 0 Å². The second-order valence-electron chi connectivity index (χ2n) is 4.33. The lowest BCUT2D eigenvalue weighted by Crippen LogP contribution is -1.87. The van der Waals surface area contributed by atoms with Gasteiger partial charge in [0.15, 0.2) is 0 Å². The molecule has 0 bridgehead atoms. The Morgan fingerprint density at radius 3 is 2.53 bits per heavy atom. The lowest BCUT2D eigenvalue weighted by atomic mass is 10.1. The van der Waals surface area contributed by atoms with Gasteiger partial charge in [0.25, 0.3) is 0 Å². The van der Waals surface area contributed by atoms with Crippen molar-refractivity contribution < 1.29 is 5.11 Å². The van der Waals surface area contributed by atoms with Crippen LogP contribution >= 0.6 is 0 Å². The molecular formula is C15H13N3O. The fourth-order valence-electron chi connectivity index (χ4n) is 2.03. The number of aromatic nitrogens is 3. The van der Waals surface area contributed by atoms with Gasteiger partial charge in [-0.05, 0) is 36.4 Å². The Labute approximate surface area is 111 Å². The molecule has 2 aromatic heterocycles. The van der Waals surface area contributed by atoms with E-state index in [1.165, 1.54) is 0 Å². The summed E-state index contributed by atoms with van der Waals surface area (Å²) in [6.45, 7) is 0. The van der Waals surface area contributed by atoms with Gasteiger partial charge in [0, 0.05) is 30.6 Å². The van der Waals surface area contributed by atoms with Crippen LogP contribution in [-0.4, -0.2) is 19.9 Å². The monoisotopic (exact) mass is 251 g/mol. The molecule has 0 aliphatic heterocycles. The van der Waals surface area contributed by atoms with Crippen LogP contribution in [0.2, 0.25) is 0 Å². The fraction of sp³-hybridized carbons (Fsp3) is 0.0667. The summed E-state index contributed by atoms with van der Waals surface area (Å²) in [7, 11) is 1.89. The van der Waals surface area contributed by atoms with E-state index in [1.807, 2.05) is 43.6 Å². The van der Waals surface area contributed by atoms with Crippen molar-refractivity contribution in [1.29, 1.82) is 0 Å². The number of nitrogens with zero attached hydrogens (tertiary/aromatic N) is 3. The molecule has 0 unspecified atom stereocenters. The first-order valence-electron chi connectivity index (χ1n) is 5.98. The van der Waals surface area contributed by atoms with E-state index in [9.17, 15) is 5.11 Å². The summed E-state index contributed by atoms with van der Waals surface area (Å²) in [4.78, 5) is 4.36. The van der Waals surface area contributed by atoms with Gasteiger partial charge >= 0.3 is 0 Å². The van der Waals surface area contributed by atoms with Gasteiger partial charge in [-0.1, -0.05) is 6.07 Å². The molecule has 4 nitrogen and oxygen atoms in total. The molecule has 0 fully saturated rings. The number of aromatic hydroxyl groups is 1. The Hall–Kier alpha value is -2.62. The van der Waals surface area contributed by atoms with Crippen LogP contribution in [0.1, 0.15) is 0 Å². The average Bonchev–Trinajstić information content (AvgIpc) is 2.83. The summed E-state index contributed by atoms with van der Waals surface area (Å²) in [5.41, 5.74) is 3.69. The van der Waals surface area contributed by atoms with Crippen LogP contribution < -0.4 is 0 Å². The number of phenolic OH excluding ortho intramolecular Hbond substituents is 1.